The van der Waals surface area contributed by atoms with Crippen LogP contribution in [0.5, 0.6) is 0 Å². The summed E-state index contributed by atoms with van der Waals surface area (Å²) in [6, 6.07) is 0. The van der Waals surface area contributed by atoms with Gasteiger partial charge in [0.05, 0.1) is 7.11 Å². The van der Waals surface area contributed by atoms with Crippen molar-refractivity contribution in [2.75, 3.05) is 13.0 Å². The highest BCUT2D eigenvalue weighted by Gasteiger charge is 2.11. The fourth-order valence-electron chi connectivity index (χ4n) is 1.12. The molecule has 0 bridgehead atoms. The predicted molar refractivity (Wildman–Crippen MR) is 63.1 cm³/mol. The summed E-state index contributed by atoms with van der Waals surface area (Å²) in [5.74, 6) is -1.13. The molecule has 92 valence electrons. The summed E-state index contributed by atoms with van der Waals surface area (Å²) in [5, 5.41) is 2.41. The minimum Gasteiger partial charge on any atom is -0.464 e. The summed E-state index contributed by atoms with van der Waals surface area (Å²) in [6.45, 7) is 2.10. The number of alkyl halides is 1. The first-order chi connectivity index (χ1) is 7.65. The number of unbranched alkanes of at least 4 members (excludes halogenated alkanes) is 3. The van der Waals surface area contributed by atoms with E-state index in [4.69, 9.17) is 11.6 Å². The molecule has 0 aliphatic rings. The van der Waals surface area contributed by atoms with Crippen molar-refractivity contribution in [3.63, 3.8) is 0 Å². The van der Waals surface area contributed by atoms with Crippen LogP contribution in [0.1, 0.15) is 32.6 Å². The van der Waals surface area contributed by atoms with Crippen molar-refractivity contribution in [1.29, 1.82) is 0 Å². The largest absolute Gasteiger partial charge is 0.464 e. The number of carbonyl (C=O) groups excluding carboxylic acids is 2. The van der Waals surface area contributed by atoms with E-state index in [1.807, 2.05) is 0 Å². The number of allylic oxidation sites excluding steroid dienone is 1. The highest BCUT2D eigenvalue weighted by Crippen LogP contribution is 2.03. The molecule has 0 fully saturated rings. The molecular formula is C11H18ClNO3. The molecule has 16 heavy (non-hydrogen) atoms. The fraction of sp³-hybridized carbons (Fsp3) is 0.636. The third-order valence-electron chi connectivity index (χ3n) is 1.96. The van der Waals surface area contributed by atoms with E-state index in [2.05, 4.69) is 17.0 Å². The highest BCUT2D eigenvalue weighted by atomic mass is 35.5. The van der Waals surface area contributed by atoms with Crippen LogP contribution < -0.4 is 5.32 Å². The number of ether oxygens (including phenoxy) is 1. The van der Waals surface area contributed by atoms with Crippen LogP contribution >= 0.6 is 11.6 Å². The molecule has 0 rings (SSSR count). The van der Waals surface area contributed by atoms with Gasteiger partial charge in [-0.25, -0.2) is 4.79 Å². The summed E-state index contributed by atoms with van der Waals surface area (Å²) in [5.41, 5.74) is 0.171. The molecule has 0 saturated heterocycles. The molecule has 0 aliphatic carbocycles. The zero-order valence-corrected chi connectivity index (χ0v) is 10.5. The van der Waals surface area contributed by atoms with Gasteiger partial charge in [0.1, 0.15) is 11.6 Å². The first kappa shape index (κ1) is 15.0. The Bertz CT molecular complexity index is 264. The predicted octanol–water partition coefficient (Wildman–Crippen LogP) is 1.98. The zero-order valence-electron chi connectivity index (χ0n) is 9.72. The molecule has 0 atom stereocenters. The maximum atomic E-state index is 11.3. The van der Waals surface area contributed by atoms with E-state index in [0.29, 0.717) is 0 Å². The van der Waals surface area contributed by atoms with E-state index in [1.165, 1.54) is 7.11 Å². The van der Waals surface area contributed by atoms with Crippen molar-refractivity contribution in [3.05, 3.63) is 11.8 Å². The Morgan fingerprint density at radius 1 is 1.38 bits per heavy atom. The molecular weight excluding hydrogens is 230 g/mol. The van der Waals surface area contributed by atoms with Gasteiger partial charge in [-0.1, -0.05) is 25.8 Å². The molecule has 5 heteroatoms. The summed E-state index contributed by atoms with van der Waals surface area (Å²) in [6.07, 6.45) is 5.59. The molecule has 0 aromatic carbocycles. The lowest BCUT2D eigenvalue weighted by atomic mass is 10.2. The number of rotatable bonds is 7. The van der Waals surface area contributed by atoms with E-state index in [0.717, 1.165) is 25.7 Å². The van der Waals surface area contributed by atoms with Crippen LogP contribution in [0.3, 0.4) is 0 Å². The van der Waals surface area contributed by atoms with Crippen LogP contribution in [0.2, 0.25) is 0 Å². The van der Waals surface area contributed by atoms with Gasteiger partial charge in [-0.2, -0.15) is 0 Å². The molecule has 4 nitrogen and oxygen atoms in total. The number of halogens is 1. The van der Waals surface area contributed by atoms with Gasteiger partial charge in [-0.05, 0) is 12.8 Å². The smallest absolute Gasteiger partial charge is 0.354 e. The maximum absolute atomic E-state index is 11.3. The van der Waals surface area contributed by atoms with Gasteiger partial charge in [0.2, 0.25) is 5.91 Å². The summed E-state index contributed by atoms with van der Waals surface area (Å²) in [4.78, 5) is 22.3. The number of amides is 1. The van der Waals surface area contributed by atoms with Crippen LogP contribution in [0.4, 0.5) is 0 Å². The van der Waals surface area contributed by atoms with Gasteiger partial charge in [-0.3, -0.25) is 4.79 Å². The molecule has 0 radical (unpaired) electrons. The Hall–Kier alpha value is -1.03. The van der Waals surface area contributed by atoms with Gasteiger partial charge < -0.3 is 10.1 Å². The first-order valence-corrected chi connectivity index (χ1v) is 5.83. The molecule has 0 unspecified atom stereocenters. The molecule has 0 heterocycles. The molecule has 0 aromatic heterocycles. The van der Waals surface area contributed by atoms with Gasteiger partial charge >= 0.3 is 5.97 Å². The topological polar surface area (TPSA) is 55.4 Å². The van der Waals surface area contributed by atoms with Crippen LogP contribution in [0.15, 0.2) is 11.8 Å². The quantitative estimate of drug-likeness (QED) is 0.324. The molecule has 0 saturated carbocycles. The Kier molecular flexibility index (Phi) is 8.62. The molecule has 1 amide bonds. The average Bonchev–Trinajstić information content (AvgIpc) is 2.31. The van der Waals surface area contributed by atoms with Crippen molar-refractivity contribution in [3.8, 4) is 0 Å². The molecule has 1 N–H and O–H groups in total. The van der Waals surface area contributed by atoms with Gasteiger partial charge in [0.15, 0.2) is 0 Å². The standard InChI is InChI=1S/C11H18ClNO3/c1-3-4-5-6-7-9(11(15)16-2)13-10(14)8-12/h7H,3-6,8H2,1-2H3,(H,13,14)/b9-7-. The fourth-order valence-corrected chi connectivity index (χ4v) is 1.19. The molecule has 0 aliphatic heterocycles. The van der Waals surface area contributed by atoms with Crippen LogP contribution in [0, 0.1) is 0 Å². The lowest BCUT2D eigenvalue weighted by Gasteiger charge is -2.06. The highest BCUT2D eigenvalue weighted by molar-refractivity contribution is 6.27. The van der Waals surface area contributed by atoms with Crippen LogP contribution in [-0.2, 0) is 14.3 Å². The van der Waals surface area contributed by atoms with Gasteiger partial charge in [0, 0.05) is 0 Å². The van der Waals surface area contributed by atoms with E-state index in [1.54, 1.807) is 6.08 Å². The monoisotopic (exact) mass is 247 g/mol. The third-order valence-corrected chi connectivity index (χ3v) is 2.20. The summed E-state index contributed by atoms with van der Waals surface area (Å²) >= 11 is 5.34. The molecule has 0 aromatic rings. The first-order valence-electron chi connectivity index (χ1n) is 5.30. The second kappa shape index (κ2) is 9.21. The van der Waals surface area contributed by atoms with Crippen LogP contribution in [0.25, 0.3) is 0 Å². The Morgan fingerprint density at radius 3 is 2.56 bits per heavy atom. The van der Waals surface area contributed by atoms with Gasteiger partial charge in [0.25, 0.3) is 0 Å². The Morgan fingerprint density at radius 2 is 2.06 bits per heavy atom. The molecule has 0 spiro atoms. The second-order valence-corrected chi connectivity index (χ2v) is 3.55. The SMILES string of the molecule is CCCCC/C=C(\NC(=O)CCl)C(=O)OC. The summed E-state index contributed by atoms with van der Waals surface area (Å²) < 4.78 is 4.55. The number of methoxy groups -OCH3 is 1. The van der Waals surface area contributed by atoms with E-state index in [9.17, 15) is 9.59 Å². The number of esters is 1. The van der Waals surface area contributed by atoms with E-state index >= 15 is 0 Å². The minimum atomic E-state index is -0.546. The number of hydrogen-bond donors (Lipinski definition) is 1. The van der Waals surface area contributed by atoms with Crippen molar-refractivity contribution >= 4 is 23.5 Å². The normalized spacial score (nSPS) is 11.1. The average molecular weight is 248 g/mol. The van der Waals surface area contributed by atoms with Crippen molar-refractivity contribution in [2.45, 2.75) is 32.6 Å². The third kappa shape index (κ3) is 6.45. The number of nitrogens with one attached hydrogen (secondary N) is 1. The van der Waals surface area contributed by atoms with Gasteiger partial charge in [-0.15, -0.1) is 11.6 Å². The van der Waals surface area contributed by atoms with Crippen molar-refractivity contribution in [1.82, 2.24) is 5.32 Å². The van der Waals surface area contributed by atoms with E-state index in [-0.39, 0.29) is 11.6 Å². The Labute approximate surface area is 101 Å². The van der Waals surface area contributed by atoms with Crippen LogP contribution in [-0.4, -0.2) is 24.9 Å². The maximum Gasteiger partial charge on any atom is 0.354 e. The number of carbonyl (C=O) groups is 2. The summed E-state index contributed by atoms with van der Waals surface area (Å²) in [7, 11) is 1.27. The lowest BCUT2D eigenvalue weighted by Crippen LogP contribution is -2.28. The number of hydrogen-bond acceptors (Lipinski definition) is 3. The second-order valence-electron chi connectivity index (χ2n) is 3.29. The van der Waals surface area contributed by atoms with E-state index < -0.39 is 11.9 Å². The van der Waals surface area contributed by atoms with Crippen molar-refractivity contribution in [2.24, 2.45) is 0 Å². The lowest BCUT2D eigenvalue weighted by molar-refractivity contribution is -0.137. The van der Waals surface area contributed by atoms with Crippen molar-refractivity contribution < 1.29 is 14.3 Å². The Balaban J connectivity index is 4.30. The zero-order chi connectivity index (χ0) is 12.4. The minimum absolute atomic E-state index is 0.171.